The average Bonchev–Trinajstić information content (AvgIpc) is 2.54. The fourth-order valence-corrected chi connectivity index (χ4v) is 2.11. The van der Waals surface area contributed by atoms with Crippen LogP contribution in [0.2, 0.25) is 0 Å². The number of carbonyl (C=O) groups is 3. The van der Waals surface area contributed by atoms with Crippen molar-refractivity contribution in [3.63, 3.8) is 0 Å². The number of nitrogens with one attached hydrogen (secondary N) is 3. The third-order valence-corrected chi connectivity index (χ3v) is 3.12. The van der Waals surface area contributed by atoms with Crippen molar-refractivity contribution in [3.05, 3.63) is 53.9 Å². The first-order valence-electron chi connectivity index (χ1n) is 7.81. The van der Waals surface area contributed by atoms with Crippen LogP contribution in [0.1, 0.15) is 41.6 Å². The lowest BCUT2D eigenvalue weighted by atomic mass is 10.2. The van der Waals surface area contributed by atoms with Gasteiger partial charge in [0.25, 0.3) is 11.8 Å². The molecule has 0 aliphatic rings. The number of aromatic nitrogens is 1. The molecule has 2 aromatic rings. The van der Waals surface area contributed by atoms with Crippen LogP contribution < -0.4 is 16.0 Å². The van der Waals surface area contributed by atoms with E-state index >= 15 is 0 Å². The number of hydrogen-bond donors (Lipinski definition) is 3. The van der Waals surface area contributed by atoms with Crippen LogP contribution in [0.3, 0.4) is 0 Å². The highest BCUT2D eigenvalue weighted by molar-refractivity contribution is 6.05. The van der Waals surface area contributed by atoms with Crippen LogP contribution in [0, 0.1) is 0 Å². The molecule has 3 N–H and O–H groups in total. The van der Waals surface area contributed by atoms with Gasteiger partial charge in [0.1, 0.15) is 5.69 Å². The lowest BCUT2D eigenvalue weighted by molar-refractivity contribution is -0.114. The van der Waals surface area contributed by atoms with E-state index in [2.05, 4.69) is 20.9 Å². The van der Waals surface area contributed by atoms with Gasteiger partial charge in [-0.05, 0) is 44.2 Å². The van der Waals surface area contributed by atoms with E-state index in [0.717, 1.165) is 0 Å². The van der Waals surface area contributed by atoms with E-state index in [1.54, 1.807) is 30.3 Å². The molecule has 7 heteroatoms. The van der Waals surface area contributed by atoms with Crippen molar-refractivity contribution >= 4 is 29.1 Å². The van der Waals surface area contributed by atoms with Crippen LogP contribution in [0.25, 0.3) is 0 Å². The zero-order chi connectivity index (χ0) is 18.4. The van der Waals surface area contributed by atoms with E-state index < -0.39 is 5.91 Å². The van der Waals surface area contributed by atoms with E-state index in [4.69, 9.17) is 0 Å². The molecule has 0 aliphatic heterocycles. The van der Waals surface area contributed by atoms with Gasteiger partial charge < -0.3 is 16.0 Å². The smallest absolute Gasteiger partial charge is 0.274 e. The largest absolute Gasteiger partial charge is 0.350 e. The molecular weight excluding hydrogens is 320 g/mol. The normalized spacial score (nSPS) is 10.2. The molecule has 3 amide bonds. The van der Waals surface area contributed by atoms with Crippen molar-refractivity contribution in [1.29, 1.82) is 0 Å². The molecule has 0 unspecified atom stereocenters. The van der Waals surface area contributed by atoms with Crippen LogP contribution >= 0.6 is 0 Å². The minimum Gasteiger partial charge on any atom is -0.350 e. The van der Waals surface area contributed by atoms with Crippen LogP contribution in [0.5, 0.6) is 0 Å². The van der Waals surface area contributed by atoms with Crippen molar-refractivity contribution < 1.29 is 14.4 Å². The molecule has 0 atom stereocenters. The molecule has 0 saturated carbocycles. The summed E-state index contributed by atoms with van der Waals surface area (Å²) in [5.41, 5.74) is 1.57. The van der Waals surface area contributed by atoms with E-state index in [1.807, 2.05) is 13.8 Å². The van der Waals surface area contributed by atoms with Crippen LogP contribution in [-0.2, 0) is 4.79 Å². The van der Waals surface area contributed by atoms with Crippen LogP contribution in [0.15, 0.2) is 42.6 Å². The van der Waals surface area contributed by atoms with Gasteiger partial charge in [-0.15, -0.1) is 0 Å². The molecule has 2 rings (SSSR count). The van der Waals surface area contributed by atoms with Gasteiger partial charge in [-0.3, -0.25) is 19.4 Å². The van der Waals surface area contributed by atoms with Crippen molar-refractivity contribution in [2.24, 2.45) is 0 Å². The highest BCUT2D eigenvalue weighted by atomic mass is 16.2. The fourth-order valence-electron chi connectivity index (χ4n) is 2.11. The van der Waals surface area contributed by atoms with E-state index in [-0.39, 0.29) is 23.6 Å². The van der Waals surface area contributed by atoms with Crippen molar-refractivity contribution in [1.82, 2.24) is 10.3 Å². The number of rotatable bonds is 5. The monoisotopic (exact) mass is 340 g/mol. The molecule has 25 heavy (non-hydrogen) atoms. The fraction of sp³-hybridized carbons (Fsp3) is 0.222. The molecule has 0 radical (unpaired) electrons. The van der Waals surface area contributed by atoms with Gasteiger partial charge in [-0.2, -0.15) is 0 Å². The maximum Gasteiger partial charge on any atom is 0.274 e. The van der Waals surface area contributed by atoms with Gasteiger partial charge in [-0.25, -0.2) is 0 Å². The molecule has 0 fully saturated rings. The first kappa shape index (κ1) is 18.1. The Labute approximate surface area is 145 Å². The molecule has 1 heterocycles. The second-order valence-corrected chi connectivity index (χ2v) is 5.77. The summed E-state index contributed by atoms with van der Waals surface area (Å²) in [6.45, 7) is 5.12. The standard InChI is InChI=1S/C18H20N4O3/c1-11(2)20-17(24)13-7-8-19-16(9-13)18(25)22-15-6-4-5-14(10-15)21-12(3)23/h4-11H,1-3H3,(H,20,24)(H,21,23)(H,22,25). The number of benzene rings is 1. The van der Waals surface area contributed by atoms with Crippen molar-refractivity contribution in [3.8, 4) is 0 Å². The third-order valence-electron chi connectivity index (χ3n) is 3.12. The Balaban J connectivity index is 2.13. The van der Waals surface area contributed by atoms with Gasteiger partial charge >= 0.3 is 0 Å². The quantitative estimate of drug-likeness (QED) is 0.778. The molecule has 0 aliphatic carbocycles. The summed E-state index contributed by atoms with van der Waals surface area (Å²) < 4.78 is 0. The predicted molar refractivity (Wildman–Crippen MR) is 95.5 cm³/mol. The van der Waals surface area contributed by atoms with Gasteiger partial charge in [0.15, 0.2) is 0 Å². The maximum absolute atomic E-state index is 12.4. The first-order chi connectivity index (χ1) is 11.8. The average molecular weight is 340 g/mol. The Morgan fingerprint density at radius 1 is 0.960 bits per heavy atom. The maximum atomic E-state index is 12.4. The summed E-state index contributed by atoms with van der Waals surface area (Å²) in [6, 6.07) is 9.73. The van der Waals surface area contributed by atoms with E-state index in [9.17, 15) is 14.4 Å². The minimum atomic E-state index is -0.445. The topological polar surface area (TPSA) is 100 Å². The van der Waals surface area contributed by atoms with Crippen molar-refractivity contribution in [2.75, 3.05) is 10.6 Å². The number of hydrogen-bond acceptors (Lipinski definition) is 4. The lowest BCUT2D eigenvalue weighted by Gasteiger charge is -2.10. The summed E-state index contributed by atoms with van der Waals surface area (Å²) in [6.07, 6.45) is 1.41. The second kappa shape index (κ2) is 8.05. The first-order valence-corrected chi connectivity index (χ1v) is 7.81. The number of amides is 3. The Kier molecular flexibility index (Phi) is 5.84. The van der Waals surface area contributed by atoms with Crippen LogP contribution in [0.4, 0.5) is 11.4 Å². The lowest BCUT2D eigenvalue weighted by Crippen LogP contribution is -2.30. The highest BCUT2D eigenvalue weighted by Gasteiger charge is 2.13. The van der Waals surface area contributed by atoms with E-state index in [0.29, 0.717) is 16.9 Å². The number of pyridine rings is 1. The van der Waals surface area contributed by atoms with Gasteiger partial charge in [0.05, 0.1) is 0 Å². The Morgan fingerprint density at radius 2 is 1.64 bits per heavy atom. The van der Waals surface area contributed by atoms with Gasteiger partial charge in [0.2, 0.25) is 5.91 Å². The van der Waals surface area contributed by atoms with E-state index in [1.165, 1.54) is 19.2 Å². The molecule has 0 spiro atoms. The number of carbonyl (C=O) groups excluding carboxylic acids is 3. The molecule has 1 aromatic heterocycles. The summed E-state index contributed by atoms with van der Waals surface area (Å²) in [7, 11) is 0. The molecule has 0 saturated heterocycles. The Bertz CT molecular complexity index is 802. The van der Waals surface area contributed by atoms with Crippen molar-refractivity contribution in [2.45, 2.75) is 26.8 Å². The molecule has 7 nitrogen and oxygen atoms in total. The summed E-state index contributed by atoms with van der Waals surface area (Å²) >= 11 is 0. The molecule has 130 valence electrons. The Morgan fingerprint density at radius 3 is 2.28 bits per heavy atom. The highest BCUT2D eigenvalue weighted by Crippen LogP contribution is 2.16. The summed E-state index contributed by atoms with van der Waals surface area (Å²) in [5, 5.41) is 8.10. The Hall–Kier alpha value is -3.22. The SMILES string of the molecule is CC(=O)Nc1cccc(NC(=O)c2cc(C(=O)NC(C)C)ccn2)c1. The second-order valence-electron chi connectivity index (χ2n) is 5.77. The zero-order valence-electron chi connectivity index (χ0n) is 14.3. The minimum absolute atomic E-state index is 0.00513. The predicted octanol–water partition coefficient (Wildman–Crippen LogP) is 2.43. The zero-order valence-corrected chi connectivity index (χ0v) is 14.3. The molecular formula is C18H20N4O3. The third kappa shape index (κ3) is 5.42. The molecule has 0 bridgehead atoms. The number of anilines is 2. The van der Waals surface area contributed by atoms with Gasteiger partial charge in [0, 0.05) is 36.1 Å². The summed E-state index contributed by atoms with van der Waals surface area (Å²) in [5.74, 6) is -0.910. The van der Waals surface area contributed by atoms with Crippen LogP contribution in [-0.4, -0.2) is 28.7 Å². The van der Waals surface area contributed by atoms with Gasteiger partial charge in [-0.1, -0.05) is 6.07 Å². The summed E-state index contributed by atoms with van der Waals surface area (Å²) in [4.78, 5) is 39.5. The number of nitrogens with zero attached hydrogens (tertiary/aromatic N) is 1. The molecule has 1 aromatic carbocycles.